The van der Waals surface area contributed by atoms with Crippen molar-refractivity contribution in [2.45, 2.75) is 6.92 Å². The van der Waals surface area contributed by atoms with Gasteiger partial charge in [0.2, 0.25) is 0 Å². The van der Waals surface area contributed by atoms with Gasteiger partial charge in [-0.3, -0.25) is 0 Å². The fourth-order valence-corrected chi connectivity index (χ4v) is 1.86. The molecule has 2 nitrogen and oxygen atoms in total. The standard InChI is InChI=1S/C14H14ClNO/c1-10-6-8-11(9-7-10)16-13-5-3-4-12(15)14(13)17-2/h3-9,16H,1-2H3. The Morgan fingerprint density at radius 2 is 1.76 bits per heavy atom. The van der Waals surface area contributed by atoms with Crippen LogP contribution in [0, 0.1) is 6.92 Å². The van der Waals surface area contributed by atoms with Crippen LogP contribution in [-0.4, -0.2) is 7.11 Å². The van der Waals surface area contributed by atoms with Crippen LogP contribution < -0.4 is 10.1 Å². The Morgan fingerprint density at radius 3 is 2.41 bits per heavy atom. The van der Waals surface area contributed by atoms with Crippen LogP contribution in [0.3, 0.4) is 0 Å². The average molecular weight is 248 g/mol. The van der Waals surface area contributed by atoms with E-state index in [1.54, 1.807) is 13.2 Å². The van der Waals surface area contributed by atoms with E-state index in [0.717, 1.165) is 11.4 Å². The number of para-hydroxylation sites is 1. The van der Waals surface area contributed by atoms with Crippen molar-refractivity contribution in [1.82, 2.24) is 0 Å². The summed E-state index contributed by atoms with van der Waals surface area (Å²) in [5.41, 5.74) is 3.11. The van der Waals surface area contributed by atoms with Gasteiger partial charge in [0.1, 0.15) is 0 Å². The Morgan fingerprint density at radius 1 is 1.06 bits per heavy atom. The lowest BCUT2D eigenvalue weighted by atomic mass is 10.2. The van der Waals surface area contributed by atoms with Crippen molar-refractivity contribution in [1.29, 1.82) is 0 Å². The molecular formula is C14H14ClNO. The maximum absolute atomic E-state index is 6.06. The molecule has 0 saturated heterocycles. The van der Waals surface area contributed by atoms with Gasteiger partial charge in [0.25, 0.3) is 0 Å². The van der Waals surface area contributed by atoms with Gasteiger partial charge in [-0.2, -0.15) is 0 Å². The van der Waals surface area contributed by atoms with Crippen LogP contribution in [-0.2, 0) is 0 Å². The predicted molar refractivity (Wildman–Crippen MR) is 72.5 cm³/mol. The van der Waals surface area contributed by atoms with Gasteiger partial charge in [-0.15, -0.1) is 0 Å². The predicted octanol–water partition coefficient (Wildman–Crippen LogP) is 4.40. The zero-order valence-electron chi connectivity index (χ0n) is 9.83. The van der Waals surface area contributed by atoms with Crippen molar-refractivity contribution in [3.8, 4) is 5.75 Å². The molecule has 2 rings (SSSR count). The van der Waals surface area contributed by atoms with Crippen LogP contribution in [0.4, 0.5) is 11.4 Å². The molecule has 0 atom stereocenters. The van der Waals surface area contributed by atoms with Crippen LogP contribution >= 0.6 is 11.6 Å². The second kappa shape index (κ2) is 5.11. The second-order valence-corrected chi connectivity index (χ2v) is 4.22. The second-order valence-electron chi connectivity index (χ2n) is 3.81. The molecule has 0 aliphatic rings. The van der Waals surface area contributed by atoms with E-state index in [4.69, 9.17) is 16.3 Å². The molecule has 17 heavy (non-hydrogen) atoms. The Kier molecular flexibility index (Phi) is 3.55. The molecular weight excluding hydrogens is 234 g/mol. The van der Waals surface area contributed by atoms with Gasteiger partial charge >= 0.3 is 0 Å². The van der Waals surface area contributed by atoms with E-state index in [-0.39, 0.29) is 0 Å². The topological polar surface area (TPSA) is 21.3 Å². The quantitative estimate of drug-likeness (QED) is 0.868. The lowest BCUT2D eigenvalue weighted by Crippen LogP contribution is -1.95. The molecule has 88 valence electrons. The maximum atomic E-state index is 6.06. The van der Waals surface area contributed by atoms with Crippen molar-refractivity contribution < 1.29 is 4.74 Å². The minimum atomic E-state index is 0.601. The first-order valence-electron chi connectivity index (χ1n) is 5.37. The summed E-state index contributed by atoms with van der Waals surface area (Å²) >= 11 is 6.06. The highest BCUT2D eigenvalue weighted by Crippen LogP contribution is 2.34. The third-order valence-electron chi connectivity index (χ3n) is 2.50. The number of halogens is 1. The van der Waals surface area contributed by atoms with Crippen molar-refractivity contribution in [2.75, 3.05) is 12.4 Å². The van der Waals surface area contributed by atoms with Crippen molar-refractivity contribution >= 4 is 23.0 Å². The molecule has 0 aliphatic heterocycles. The third-order valence-corrected chi connectivity index (χ3v) is 2.80. The largest absolute Gasteiger partial charge is 0.493 e. The molecule has 2 aromatic rings. The summed E-state index contributed by atoms with van der Waals surface area (Å²) in [5, 5.41) is 3.88. The van der Waals surface area contributed by atoms with Crippen molar-refractivity contribution in [2.24, 2.45) is 0 Å². The molecule has 1 N–H and O–H groups in total. The van der Waals surface area contributed by atoms with Crippen LogP contribution in [0.5, 0.6) is 5.75 Å². The van der Waals surface area contributed by atoms with Gasteiger partial charge in [0.05, 0.1) is 17.8 Å². The molecule has 0 radical (unpaired) electrons. The number of hydrogen-bond donors (Lipinski definition) is 1. The third kappa shape index (κ3) is 2.71. The molecule has 2 aromatic carbocycles. The summed E-state index contributed by atoms with van der Waals surface area (Å²) in [6.45, 7) is 2.06. The van der Waals surface area contributed by atoms with Gasteiger partial charge in [-0.25, -0.2) is 0 Å². The zero-order chi connectivity index (χ0) is 12.3. The van der Waals surface area contributed by atoms with Crippen LogP contribution in [0.2, 0.25) is 5.02 Å². The molecule has 0 saturated carbocycles. The number of rotatable bonds is 3. The summed E-state index contributed by atoms with van der Waals surface area (Å²) in [6, 6.07) is 13.8. The van der Waals surface area contributed by atoms with Gasteiger partial charge in [0.15, 0.2) is 5.75 Å². The van der Waals surface area contributed by atoms with Gasteiger partial charge in [0, 0.05) is 5.69 Å². The Bertz CT molecular complexity index is 508. The summed E-state index contributed by atoms with van der Waals surface area (Å²) in [5.74, 6) is 0.662. The van der Waals surface area contributed by atoms with Gasteiger partial charge in [-0.1, -0.05) is 35.4 Å². The first-order chi connectivity index (χ1) is 8.20. The fourth-order valence-electron chi connectivity index (χ4n) is 1.61. The van der Waals surface area contributed by atoms with E-state index in [9.17, 15) is 0 Å². The minimum absolute atomic E-state index is 0.601. The minimum Gasteiger partial charge on any atom is -0.493 e. The van der Waals surface area contributed by atoms with Crippen LogP contribution in [0.25, 0.3) is 0 Å². The van der Waals surface area contributed by atoms with Crippen LogP contribution in [0.15, 0.2) is 42.5 Å². The Hall–Kier alpha value is -1.67. The number of hydrogen-bond acceptors (Lipinski definition) is 2. The van der Waals surface area contributed by atoms with E-state index in [0.29, 0.717) is 10.8 Å². The highest BCUT2D eigenvalue weighted by Gasteiger charge is 2.06. The van der Waals surface area contributed by atoms with E-state index >= 15 is 0 Å². The number of benzene rings is 2. The molecule has 0 unspecified atom stereocenters. The Labute approximate surface area is 106 Å². The fraction of sp³-hybridized carbons (Fsp3) is 0.143. The summed E-state index contributed by atoms with van der Waals surface area (Å²) in [4.78, 5) is 0. The van der Waals surface area contributed by atoms with E-state index in [1.165, 1.54) is 5.56 Å². The lowest BCUT2D eigenvalue weighted by molar-refractivity contribution is 0.417. The Balaban J connectivity index is 2.29. The van der Waals surface area contributed by atoms with E-state index in [2.05, 4.69) is 24.4 Å². The number of anilines is 2. The van der Waals surface area contributed by atoms with Crippen LogP contribution in [0.1, 0.15) is 5.56 Å². The van der Waals surface area contributed by atoms with E-state index < -0.39 is 0 Å². The molecule has 0 fully saturated rings. The monoisotopic (exact) mass is 247 g/mol. The van der Waals surface area contributed by atoms with Crippen molar-refractivity contribution in [3.05, 3.63) is 53.1 Å². The van der Waals surface area contributed by atoms with E-state index in [1.807, 2.05) is 24.3 Å². The SMILES string of the molecule is COc1c(Cl)cccc1Nc1ccc(C)cc1. The van der Waals surface area contributed by atoms with Gasteiger partial charge < -0.3 is 10.1 Å². The smallest absolute Gasteiger partial charge is 0.160 e. The number of methoxy groups -OCH3 is 1. The molecule has 0 aliphatic carbocycles. The highest BCUT2D eigenvalue weighted by molar-refractivity contribution is 6.32. The maximum Gasteiger partial charge on any atom is 0.160 e. The molecule has 0 aromatic heterocycles. The molecule has 0 heterocycles. The number of aryl methyl sites for hydroxylation is 1. The number of nitrogens with one attached hydrogen (secondary N) is 1. The normalized spacial score (nSPS) is 10.1. The number of ether oxygens (including phenoxy) is 1. The first kappa shape index (κ1) is 11.8. The molecule has 0 amide bonds. The molecule has 0 bridgehead atoms. The average Bonchev–Trinajstić information content (AvgIpc) is 2.32. The first-order valence-corrected chi connectivity index (χ1v) is 5.74. The van der Waals surface area contributed by atoms with Gasteiger partial charge in [-0.05, 0) is 31.2 Å². The molecule has 0 spiro atoms. The summed E-state index contributed by atoms with van der Waals surface area (Å²) < 4.78 is 5.28. The molecule has 3 heteroatoms. The summed E-state index contributed by atoms with van der Waals surface area (Å²) in [6.07, 6.45) is 0. The lowest BCUT2D eigenvalue weighted by Gasteiger charge is -2.12. The highest BCUT2D eigenvalue weighted by atomic mass is 35.5. The van der Waals surface area contributed by atoms with Crippen molar-refractivity contribution in [3.63, 3.8) is 0 Å². The summed E-state index contributed by atoms with van der Waals surface area (Å²) in [7, 11) is 1.61. The zero-order valence-corrected chi connectivity index (χ0v) is 10.6.